The SMILES string of the molecule is NC(=O)c1ncn(C2CCC3(CC2)CCN(c2ccccc2Cl)C3=O)c1C(N)=O.O=C(NC1CCC2(CC1)CCN(c1ccccc1Cl)C2=O)c1[nH]cnc1C(=O)N1CC(F)C1.O=C(NC1CCC2(CC1)CCN(c1ccccc1Cl)C2=O)c1[nH]cnc1C(=O)N1CC2(COC2)C1. The van der Waals surface area contributed by atoms with Crippen molar-refractivity contribution in [1.29, 1.82) is 0 Å². The van der Waals surface area contributed by atoms with E-state index in [9.17, 15) is 47.5 Å². The summed E-state index contributed by atoms with van der Waals surface area (Å²) in [5.41, 5.74) is 12.3. The van der Waals surface area contributed by atoms with E-state index in [-0.39, 0.29) is 100 Å². The Hall–Kier alpha value is -8.72. The fourth-order valence-corrected chi connectivity index (χ4v) is 16.5. The minimum Gasteiger partial charge on any atom is -0.380 e. The number of likely N-dealkylation sites (tertiary alicyclic amines) is 2. The van der Waals surface area contributed by atoms with Gasteiger partial charge in [-0.2, -0.15) is 0 Å². The molecule has 6 aliphatic heterocycles. The fourth-order valence-electron chi connectivity index (χ4n) is 15.8. The van der Waals surface area contributed by atoms with E-state index in [1.807, 2.05) is 54.6 Å². The van der Waals surface area contributed by atoms with E-state index >= 15 is 0 Å². The molecule has 510 valence electrons. The first kappa shape index (κ1) is 66.9. The molecule has 3 aliphatic carbocycles. The molecule has 6 saturated heterocycles. The summed E-state index contributed by atoms with van der Waals surface area (Å²) < 4.78 is 20.0. The molecule has 97 heavy (non-hydrogen) atoms. The Kier molecular flexibility index (Phi) is 18.6. The maximum absolute atomic E-state index is 13.4. The van der Waals surface area contributed by atoms with Crippen molar-refractivity contribution in [3.8, 4) is 0 Å². The molecule has 3 aromatic carbocycles. The average Bonchev–Trinajstić information content (AvgIpc) is 1.66. The number of nitrogens with zero attached hydrogens (tertiary/aromatic N) is 9. The number of alkyl halides is 1. The Morgan fingerprint density at radius 2 is 0.918 bits per heavy atom. The lowest BCUT2D eigenvalue weighted by Crippen LogP contribution is -2.67. The first-order valence-electron chi connectivity index (χ1n) is 33.0. The first-order valence-corrected chi connectivity index (χ1v) is 34.1. The molecule has 6 aromatic rings. The monoisotopic (exact) mass is 1390 g/mol. The van der Waals surface area contributed by atoms with Gasteiger partial charge >= 0.3 is 0 Å². The number of imidazole rings is 3. The highest BCUT2D eigenvalue weighted by Crippen LogP contribution is 2.51. The Bertz CT molecular complexity index is 4080. The molecule has 0 bridgehead atoms. The predicted molar refractivity (Wildman–Crippen MR) is 356 cm³/mol. The minimum absolute atomic E-state index is 0.00744. The highest BCUT2D eigenvalue weighted by Gasteiger charge is 2.54. The van der Waals surface area contributed by atoms with Crippen LogP contribution in [0.3, 0.4) is 0 Å². The third-order valence-corrected chi connectivity index (χ3v) is 22.5. The van der Waals surface area contributed by atoms with E-state index in [1.54, 1.807) is 42.4 Å². The van der Waals surface area contributed by atoms with Gasteiger partial charge in [0.15, 0.2) is 17.1 Å². The first-order chi connectivity index (χ1) is 46.6. The lowest BCUT2D eigenvalue weighted by Gasteiger charge is -2.54. The second-order valence-corrected chi connectivity index (χ2v) is 28.6. The van der Waals surface area contributed by atoms with Crippen molar-refractivity contribution in [2.24, 2.45) is 33.1 Å². The number of benzene rings is 3. The maximum atomic E-state index is 13.4. The number of carbonyl (C=O) groups is 9. The van der Waals surface area contributed by atoms with Crippen molar-refractivity contribution in [3.63, 3.8) is 0 Å². The Morgan fingerprint density at radius 1 is 0.526 bits per heavy atom. The van der Waals surface area contributed by atoms with Crippen LogP contribution in [0.5, 0.6) is 0 Å². The number of anilines is 3. The molecular formula is C68H75Cl3FN15O10. The lowest BCUT2D eigenvalue weighted by molar-refractivity contribution is -0.176. The van der Waals surface area contributed by atoms with E-state index in [1.165, 1.54) is 23.9 Å². The summed E-state index contributed by atoms with van der Waals surface area (Å²) in [5, 5.41) is 7.74. The second-order valence-electron chi connectivity index (χ2n) is 27.3. The molecule has 9 fully saturated rings. The van der Waals surface area contributed by atoms with Crippen LogP contribution < -0.4 is 36.8 Å². The highest BCUT2D eigenvalue weighted by atomic mass is 35.5. The van der Waals surface area contributed by atoms with Crippen LogP contribution in [-0.2, 0) is 19.1 Å². The van der Waals surface area contributed by atoms with Gasteiger partial charge in [-0.15, -0.1) is 0 Å². The van der Waals surface area contributed by atoms with Crippen molar-refractivity contribution >= 4 is 105 Å². The third kappa shape index (κ3) is 12.7. The van der Waals surface area contributed by atoms with Gasteiger partial charge in [0, 0.05) is 50.8 Å². The van der Waals surface area contributed by atoms with E-state index in [0.29, 0.717) is 138 Å². The number of rotatable bonds is 12. The number of aromatic nitrogens is 6. The number of nitrogens with two attached hydrogens (primary N) is 2. The largest absolute Gasteiger partial charge is 0.380 e. The van der Waals surface area contributed by atoms with Crippen molar-refractivity contribution in [3.05, 3.63) is 141 Å². The topological polar surface area (TPSA) is 330 Å². The second kappa shape index (κ2) is 26.9. The summed E-state index contributed by atoms with van der Waals surface area (Å²) in [5.74, 6) is -2.62. The zero-order valence-electron chi connectivity index (χ0n) is 53.2. The molecule has 0 unspecified atom stereocenters. The van der Waals surface area contributed by atoms with Gasteiger partial charge in [0.2, 0.25) is 17.7 Å². The predicted octanol–water partition coefficient (Wildman–Crippen LogP) is 7.86. The summed E-state index contributed by atoms with van der Waals surface area (Å²) in [6, 6.07) is 21.9. The summed E-state index contributed by atoms with van der Waals surface area (Å²) in [6.07, 6.45) is 13.7. The minimum atomic E-state index is -1.02. The van der Waals surface area contributed by atoms with E-state index in [2.05, 4.69) is 35.6 Å². The van der Waals surface area contributed by atoms with Gasteiger partial charge in [0.1, 0.15) is 23.3 Å². The Morgan fingerprint density at radius 3 is 1.28 bits per heavy atom. The van der Waals surface area contributed by atoms with Crippen LogP contribution in [0.15, 0.2) is 91.8 Å². The van der Waals surface area contributed by atoms with Gasteiger partial charge in [-0.25, -0.2) is 19.3 Å². The van der Waals surface area contributed by atoms with E-state index < -0.39 is 46.0 Å². The summed E-state index contributed by atoms with van der Waals surface area (Å²) in [4.78, 5) is 141. The molecule has 15 rings (SSSR count). The van der Waals surface area contributed by atoms with Crippen molar-refractivity contribution in [2.75, 3.05) is 73.7 Å². The smallest absolute Gasteiger partial charge is 0.275 e. The molecular weight excluding hydrogens is 1310 g/mol. The zero-order chi connectivity index (χ0) is 68.1. The van der Waals surface area contributed by atoms with Crippen LogP contribution in [0, 0.1) is 21.7 Å². The van der Waals surface area contributed by atoms with Gasteiger partial charge < -0.3 is 65.9 Å². The van der Waals surface area contributed by atoms with E-state index in [0.717, 1.165) is 36.3 Å². The number of halogens is 4. The standard InChI is InChI=1S/C25H28ClN5O4.C23H25ClFN5O3.C20H22ClN5O3/c26-17-3-1-2-4-18(17)31-10-9-25(23(31)34)7-5-16(6-8-25)29-21(32)19-20(28-15-27-19)22(33)30-11-24(12-30)13-35-14-24;24-16-3-1-2-4-17(16)30-10-9-23(22(30)33)7-5-15(6-8-23)28-20(31)18-19(27-13-26-18)21(32)29-11-14(25)12-29;21-13-3-1-2-4-14(13)25-10-9-20(19(25)29)7-5-12(6-8-20)26-11-24-15(17(22)27)16(26)18(23)28/h1-4,15-16H,5-14H2,(H,27,28)(H,29,32);1-4,13-15H,5-12H2,(H,26,27)(H,28,31);1-4,11-12H,5-10H2,(H2,22,27)(H2,23,28). The number of ether oxygens (including phenoxy) is 1. The fraction of sp³-hybridized carbons (Fsp3) is 0.471. The zero-order valence-corrected chi connectivity index (χ0v) is 55.5. The summed E-state index contributed by atoms with van der Waals surface area (Å²) in [7, 11) is 0. The normalized spacial score (nSPS) is 25.7. The number of para-hydroxylation sites is 3. The van der Waals surface area contributed by atoms with Gasteiger partial charge in [-0.3, -0.25) is 43.2 Å². The van der Waals surface area contributed by atoms with Crippen LogP contribution >= 0.6 is 34.8 Å². The third-order valence-electron chi connectivity index (χ3n) is 21.5. The molecule has 25 nitrogen and oxygen atoms in total. The van der Waals surface area contributed by atoms with Gasteiger partial charge in [-0.05, 0) is 133 Å². The molecule has 8 N–H and O–H groups in total. The summed E-state index contributed by atoms with van der Waals surface area (Å²) >= 11 is 18.9. The molecule has 9 aliphatic rings. The van der Waals surface area contributed by atoms with Crippen molar-refractivity contribution < 1.29 is 52.3 Å². The molecule has 9 amide bonds. The van der Waals surface area contributed by atoms with Crippen molar-refractivity contribution in [2.45, 2.75) is 121 Å². The summed E-state index contributed by atoms with van der Waals surface area (Å²) in [6.45, 7) is 4.63. The Balaban J connectivity index is 0.000000132. The number of amides is 9. The number of hydrogen-bond donors (Lipinski definition) is 6. The van der Waals surface area contributed by atoms with Gasteiger partial charge in [0.05, 0.1) is 99.1 Å². The number of hydrogen-bond acceptors (Lipinski definition) is 13. The van der Waals surface area contributed by atoms with Crippen LogP contribution in [0.25, 0.3) is 0 Å². The molecule has 0 radical (unpaired) electrons. The van der Waals surface area contributed by atoms with Crippen LogP contribution in [-0.4, -0.2) is 170 Å². The molecule has 4 spiro atoms. The molecule has 29 heteroatoms. The number of nitrogens with one attached hydrogen (secondary N) is 4. The quantitative estimate of drug-likeness (QED) is 0.0680. The van der Waals surface area contributed by atoms with Gasteiger partial charge in [-0.1, -0.05) is 71.2 Å². The molecule has 9 heterocycles. The van der Waals surface area contributed by atoms with Crippen LogP contribution in [0.2, 0.25) is 15.1 Å². The molecule has 3 saturated carbocycles. The number of aromatic amines is 2. The van der Waals surface area contributed by atoms with Gasteiger partial charge in [0.25, 0.3) is 35.4 Å². The molecule has 3 aromatic heterocycles. The number of carbonyl (C=O) groups excluding carboxylic acids is 9. The van der Waals surface area contributed by atoms with E-state index in [4.69, 9.17) is 51.0 Å². The van der Waals surface area contributed by atoms with Crippen LogP contribution in [0.1, 0.15) is 165 Å². The average molecular weight is 1390 g/mol. The van der Waals surface area contributed by atoms with Crippen molar-refractivity contribution in [1.82, 2.24) is 49.9 Å². The number of H-pyrrole nitrogens is 2. The van der Waals surface area contributed by atoms with Crippen LogP contribution in [0.4, 0.5) is 21.5 Å². The maximum Gasteiger partial charge on any atom is 0.275 e. The molecule has 0 atom stereocenters. The number of primary amides is 2. The Labute approximate surface area is 572 Å². The lowest BCUT2D eigenvalue weighted by atomic mass is 9.71. The highest BCUT2D eigenvalue weighted by molar-refractivity contribution is 6.35.